The van der Waals surface area contributed by atoms with Crippen molar-refractivity contribution < 1.29 is 13.5 Å². The normalized spacial score (nSPS) is 16.4. The van der Waals surface area contributed by atoms with Crippen molar-refractivity contribution in [2.45, 2.75) is 44.4 Å². The number of aliphatic hydroxyl groups is 1. The maximum atomic E-state index is 11.4. The predicted molar refractivity (Wildman–Crippen MR) is 67.3 cm³/mol. The summed E-state index contributed by atoms with van der Waals surface area (Å²) < 4.78 is 22.8. The monoisotopic (exact) mass is 251 g/mol. The van der Waals surface area contributed by atoms with Gasteiger partial charge in [0.15, 0.2) is 9.84 Å². The average Bonchev–Trinajstić information content (AvgIpc) is 2.20. The molecule has 2 atom stereocenters. The second-order valence-electron chi connectivity index (χ2n) is 4.54. The van der Waals surface area contributed by atoms with E-state index in [0.717, 1.165) is 25.8 Å². The van der Waals surface area contributed by atoms with Gasteiger partial charge in [0.2, 0.25) is 0 Å². The van der Waals surface area contributed by atoms with Crippen LogP contribution in [0.25, 0.3) is 0 Å². The molecule has 5 heteroatoms. The second-order valence-corrected chi connectivity index (χ2v) is 6.94. The van der Waals surface area contributed by atoms with Gasteiger partial charge in [-0.2, -0.15) is 0 Å². The van der Waals surface area contributed by atoms with Gasteiger partial charge in [-0.05, 0) is 46.7 Å². The Kier molecular flexibility index (Phi) is 7.19. The van der Waals surface area contributed by atoms with Gasteiger partial charge in [0.25, 0.3) is 0 Å². The van der Waals surface area contributed by atoms with E-state index in [9.17, 15) is 8.42 Å². The summed E-state index contributed by atoms with van der Waals surface area (Å²) in [7, 11) is -1.01. The number of aliphatic hydroxyl groups excluding tert-OH is 1. The topological polar surface area (TPSA) is 57.6 Å². The fourth-order valence-electron chi connectivity index (χ4n) is 1.57. The van der Waals surface area contributed by atoms with Crippen LogP contribution < -0.4 is 0 Å². The van der Waals surface area contributed by atoms with Gasteiger partial charge in [0.05, 0.1) is 5.25 Å². The first-order valence-electron chi connectivity index (χ1n) is 5.80. The SMILES string of the molecule is CC(C(C)S(C)(=O)=O)N(C)CCCCCO. The second kappa shape index (κ2) is 7.25. The van der Waals surface area contributed by atoms with Gasteiger partial charge >= 0.3 is 0 Å². The van der Waals surface area contributed by atoms with Crippen molar-refractivity contribution in [1.82, 2.24) is 4.90 Å². The molecular weight excluding hydrogens is 226 g/mol. The van der Waals surface area contributed by atoms with Crippen molar-refractivity contribution in [1.29, 1.82) is 0 Å². The highest BCUT2D eigenvalue weighted by molar-refractivity contribution is 7.91. The standard InChI is InChI=1S/C11H25NO3S/c1-10(11(2)16(4,14)15)12(3)8-6-5-7-9-13/h10-11,13H,5-9H2,1-4H3. The van der Waals surface area contributed by atoms with E-state index in [-0.39, 0.29) is 17.9 Å². The maximum absolute atomic E-state index is 11.4. The minimum absolute atomic E-state index is 0.0316. The number of rotatable bonds is 8. The largest absolute Gasteiger partial charge is 0.396 e. The fraction of sp³-hybridized carbons (Fsp3) is 1.00. The molecule has 0 aliphatic rings. The van der Waals surface area contributed by atoms with Crippen molar-refractivity contribution in [3.63, 3.8) is 0 Å². The van der Waals surface area contributed by atoms with Gasteiger partial charge in [-0.25, -0.2) is 8.42 Å². The van der Waals surface area contributed by atoms with E-state index < -0.39 is 9.84 Å². The van der Waals surface area contributed by atoms with E-state index in [1.54, 1.807) is 6.92 Å². The van der Waals surface area contributed by atoms with E-state index in [0.29, 0.717) is 0 Å². The lowest BCUT2D eigenvalue weighted by Crippen LogP contribution is -2.41. The predicted octanol–water partition coefficient (Wildman–Crippen LogP) is 0.902. The Hall–Kier alpha value is -0.130. The number of sulfone groups is 1. The molecule has 1 N–H and O–H groups in total. The third-order valence-electron chi connectivity index (χ3n) is 3.22. The molecule has 0 saturated carbocycles. The molecule has 0 radical (unpaired) electrons. The van der Waals surface area contributed by atoms with Crippen molar-refractivity contribution in [3.05, 3.63) is 0 Å². The van der Waals surface area contributed by atoms with Crippen LogP contribution in [0.5, 0.6) is 0 Å². The van der Waals surface area contributed by atoms with Gasteiger partial charge in [0.1, 0.15) is 0 Å². The molecule has 4 nitrogen and oxygen atoms in total. The first kappa shape index (κ1) is 15.9. The summed E-state index contributed by atoms with van der Waals surface area (Å²) in [5, 5.41) is 8.31. The molecule has 0 bridgehead atoms. The average molecular weight is 251 g/mol. The minimum Gasteiger partial charge on any atom is -0.396 e. The third-order valence-corrected chi connectivity index (χ3v) is 4.96. The summed E-state index contributed by atoms with van der Waals surface area (Å²) >= 11 is 0. The maximum Gasteiger partial charge on any atom is 0.151 e. The Morgan fingerprint density at radius 1 is 1.19 bits per heavy atom. The van der Waals surface area contributed by atoms with Crippen LogP contribution in [0.4, 0.5) is 0 Å². The van der Waals surface area contributed by atoms with Gasteiger partial charge in [-0.3, -0.25) is 0 Å². The molecule has 0 spiro atoms. The zero-order valence-electron chi connectivity index (χ0n) is 10.8. The first-order chi connectivity index (χ1) is 7.30. The van der Waals surface area contributed by atoms with Gasteiger partial charge in [-0.15, -0.1) is 0 Å². The molecule has 0 aliphatic heterocycles. The molecule has 0 aliphatic carbocycles. The Morgan fingerprint density at radius 3 is 2.19 bits per heavy atom. The fourth-order valence-corrected chi connectivity index (χ4v) is 2.49. The van der Waals surface area contributed by atoms with E-state index in [1.807, 2.05) is 14.0 Å². The molecule has 0 saturated heterocycles. The molecule has 0 aromatic rings. The van der Waals surface area contributed by atoms with E-state index in [1.165, 1.54) is 6.26 Å². The summed E-state index contributed by atoms with van der Waals surface area (Å²) in [6.45, 7) is 4.81. The van der Waals surface area contributed by atoms with Crippen LogP contribution in [0.1, 0.15) is 33.1 Å². The number of unbranched alkanes of at least 4 members (excludes halogenated alkanes) is 2. The zero-order valence-corrected chi connectivity index (χ0v) is 11.6. The Balaban J connectivity index is 4.03. The summed E-state index contributed by atoms with van der Waals surface area (Å²) in [5.74, 6) is 0. The van der Waals surface area contributed by atoms with Crippen LogP contribution in [-0.2, 0) is 9.84 Å². The molecule has 0 heterocycles. The van der Waals surface area contributed by atoms with Crippen LogP contribution in [0, 0.1) is 0 Å². The minimum atomic E-state index is -2.96. The summed E-state index contributed by atoms with van der Waals surface area (Å²) in [6.07, 6.45) is 4.09. The molecule has 0 amide bonds. The highest BCUT2D eigenvalue weighted by atomic mass is 32.2. The van der Waals surface area contributed by atoms with E-state index >= 15 is 0 Å². The highest BCUT2D eigenvalue weighted by Crippen LogP contribution is 2.11. The molecular formula is C11H25NO3S. The Bertz CT molecular complexity index is 277. The highest BCUT2D eigenvalue weighted by Gasteiger charge is 2.24. The van der Waals surface area contributed by atoms with Gasteiger partial charge < -0.3 is 10.0 Å². The van der Waals surface area contributed by atoms with Crippen LogP contribution in [0.2, 0.25) is 0 Å². The van der Waals surface area contributed by atoms with Crippen LogP contribution in [0.15, 0.2) is 0 Å². The lowest BCUT2D eigenvalue weighted by Gasteiger charge is -2.28. The van der Waals surface area contributed by atoms with Crippen molar-refractivity contribution in [2.24, 2.45) is 0 Å². The van der Waals surface area contributed by atoms with Crippen molar-refractivity contribution >= 4 is 9.84 Å². The molecule has 2 unspecified atom stereocenters. The summed E-state index contributed by atoms with van der Waals surface area (Å²) in [4.78, 5) is 2.07. The molecule has 0 rings (SSSR count). The molecule has 16 heavy (non-hydrogen) atoms. The lowest BCUT2D eigenvalue weighted by molar-refractivity contribution is 0.239. The van der Waals surface area contributed by atoms with Crippen LogP contribution in [-0.4, -0.2) is 56.2 Å². The van der Waals surface area contributed by atoms with Crippen LogP contribution >= 0.6 is 0 Å². The first-order valence-corrected chi connectivity index (χ1v) is 7.76. The van der Waals surface area contributed by atoms with E-state index in [4.69, 9.17) is 5.11 Å². The number of hydrogen-bond acceptors (Lipinski definition) is 4. The molecule has 0 aromatic carbocycles. The molecule has 0 fully saturated rings. The Morgan fingerprint density at radius 2 is 1.75 bits per heavy atom. The molecule has 98 valence electrons. The van der Waals surface area contributed by atoms with Crippen molar-refractivity contribution in [2.75, 3.05) is 26.5 Å². The quantitative estimate of drug-likeness (QED) is 0.651. The Labute approximate surface area is 99.6 Å². The smallest absolute Gasteiger partial charge is 0.151 e. The summed E-state index contributed by atoms with van der Waals surface area (Å²) in [5.41, 5.74) is 0. The lowest BCUT2D eigenvalue weighted by atomic mass is 10.2. The van der Waals surface area contributed by atoms with E-state index in [2.05, 4.69) is 4.90 Å². The van der Waals surface area contributed by atoms with Gasteiger partial charge in [-0.1, -0.05) is 0 Å². The van der Waals surface area contributed by atoms with Crippen LogP contribution in [0.3, 0.4) is 0 Å². The number of nitrogens with zero attached hydrogens (tertiary/aromatic N) is 1. The third kappa shape index (κ3) is 5.82. The summed E-state index contributed by atoms with van der Waals surface area (Å²) in [6, 6.07) is 0.0316. The zero-order chi connectivity index (χ0) is 12.8. The molecule has 0 aromatic heterocycles. The van der Waals surface area contributed by atoms with Crippen molar-refractivity contribution in [3.8, 4) is 0 Å². The number of hydrogen-bond donors (Lipinski definition) is 1. The van der Waals surface area contributed by atoms with Gasteiger partial charge in [0, 0.05) is 18.9 Å².